The van der Waals surface area contributed by atoms with Gasteiger partial charge >= 0.3 is 0 Å². The third kappa shape index (κ3) is 4.77. The average molecular weight is 485 g/mol. The van der Waals surface area contributed by atoms with Crippen molar-refractivity contribution < 1.29 is 9.47 Å². The summed E-state index contributed by atoms with van der Waals surface area (Å²) in [6.45, 7) is 13.1. The van der Waals surface area contributed by atoms with Crippen molar-refractivity contribution in [2.75, 3.05) is 19.8 Å². The molecule has 150 valence electrons. The molecule has 0 bridgehead atoms. The summed E-state index contributed by atoms with van der Waals surface area (Å²) >= 11 is 0. The molecule has 1 aliphatic carbocycles. The van der Waals surface area contributed by atoms with E-state index in [1.54, 1.807) is 6.08 Å². The summed E-state index contributed by atoms with van der Waals surface area (Å²) in [6.07, 6.45) is 3.25. The SMILES string of the molecule is C=CCOc1ccccc1CN=C(NCC)NC1C2CCOC2C1(C)C.I. The number of para-hydroxylation sites is 1. The number of hydrogen-bond acceptors (Lipinski definition) is 3. The summed E-state index contributed by atoms with van der Waals surface area (Å²) in [5, 5.41) is 7.02. The molecule has 0 radical (unpaired) electrons. The van der Waals surface area contributed by atoms with Crippen molar-refractivity contribution in [3.8, 4) is 5.75 Å². The number of rotatable bonds is 7. The topological polar surface area (TPSA) is 54.9 Å². The van der Waals surface area contributed by atoms with Crippen LogP contribution in [0.3, 0.4) is 0 Å². The Balaban J connectivity index is 0.00000261. The van der Waals surface area contributed by atoms with Gasteiger partial charge in [-0.05, 0) is 19.4 Å². The molecule has 27 heavy (non-hydrogen) atoms. The number of hydrogen-bond donors (Lipinski definition) is 2. The van der Waals surface area contributed by atoms with Gasteiger partial charge in [-0.3, -0.25) is 0 Å². The van der Waals surface area contributed by atoms with Crippen LogP contribution >= 0.6 is 24.0 Å². The molecule has 1 aromatic carbocycles. The zero-order valence-electron chi connectivity index (χ0n) is 16.5. The number of nitrogens with one attached hydrogen (secondary N) is 2. The van der Waals surface area contributed by atoms with E-state index in [0.29, 0.717) is 31.2 Å². The van der Waals surface area contributed by atoms with Crippen molar-refractivity contribution in [1.82, 2.24) is 10.6 Å². The highest BCUT2D eigenvalue weighted by molar-refractivity contribution is 14.0. The average Bonchev–Trinajstić information content (AvgIpc) is 3.10. The Morgan fingerprint density at radius 1 is 1.41 bits per heavy atom. The minimum atomic E-state index is 0. The van der Waals surface area contributed by atoms with Crippen molar-refractivity contribution in [1.29, 1.82) is 0 Å². The molecule has 1 aromatic rings. The maximum absolute atomic E-state index is 5.90. The first kappa shape index (κ1) is 22.0. The van der Waals surface area contributed by atoms with E-state index in [4.69, 9.17) is 14.5 Å². The number of guanidine groups is 1. The number of benzene rings is 1. The quantitative estimate of drug-likeness (QED) is 0.268. The zero-order chi connectivity index (χ0) is 18.6. The van der Waals surface area contributed by atoms with Gasteiger partial charge in [0.1, 0.15) is 12.4 Å². The molecular weight excluding hydrogens is 453 g/mol. The van der Waals surface area contributed by atoms with Gasteiger partial charge in [-0.15, -0.1) is 24.0 Å². The molecule has 0 amide bonds. The largest absolute Gasteiger partial charge is 0.489 e. The predicted molar refractivity (Wildman–Crippen MR) is 121 cm³/mol. The normalized spacial score (nSPS) is 25.6. The number of aliphatic imine (C=N–C) groups is 1. The van der Waals surface area contributed by atoms with Gasteiger partial charge in [0.25, 0.3) is 0 Å². The molecule has 2 aliphatic rings. The molecule has 1 saturated heterocycles. The van der Waals surface area contributed by atoms with Gasteiger partial charge in [0.05, 0.1) is 12.6 Å². The van der Waals surface area contributed by atoms with Crippen LogP contribution in [0.15, 0.2) is 41.9 Å². The third-order valence-electron chi connectivity index (χ3n) is 5.47. The minimum Gasteiger partial charge on any atom is -0.489 e. The molecule has 3 unspecified atom stereocenters. The first-order valence-corrected chi connectivity index (χ1v) is 9.56. The Morgan fingerprint density at radius 2 is 2.19 bits per heavy atom. The van der Waals surface area contributed by atoms with Gasteiger partial charge < -0.3 is 20.1 Å². The fraction of sp³-hybridized carbons (Fsp3) is 0.571. The van der Waals surface area contributed by atoms with Crippen molar-refractivity contribution in [2.24, 2.45) is 16.3 Å². The third-order valence-corrected chi connectivity index (χ3v) is 5.47. The van der Waals surface area contributed by atoms with Gasteiger partial charge in [0.2, 0.25) is 0 Å². The molecule has 3 rings (SSSR count). The van der Waals surface area contributed by atoms with E-state index in [-0.39, 0.29) is 29.4 Å². The molecule has 0 aromatic heterocycles. The van der Waals surface area contributed by atoms with Crippen molar-refractivity contribution in [2.45, 2.75) is 45.9 Å². The number of fused-ring (bicyclic) bond motifs is 1. The van der Waals surface area contributed by atoms with Crippen LogP contribution in [-0.4, -0.2) is 37.9 Å². The fourth-order valence-corrected chi connectivity index (χ4v) is 4.17. The summed E-state index contributed by atoms with van der Waals surface area (Å²) < 4.78 is 11.6. The summed E-state index contributed by atoms with van der Waals surface area (Å²) in [5.74, 6) is 2.30. The van der Waals surface area contributed by atoms with E-state index in [9.17, 15) is 0 Å². The molecular formula is C21H32IN3O2. The van der Waals surface area contributed by atoms with Crippen LogP contribution < -0.4 is 15.4 Å². The minimum absolute atomic E-state index is 0. The highest BCUT2D eigenvalue weighted by Crippen LogP contribution is 2.52. The molecule has 2 N–H and O–H groups in total. The molecule has 1 heterocycles. The van der Waals surface area contributed by atoms with Crippen molar-refractivity contribution >= 4 is 29.9 Å². The molecule has 2 fully saturated rings. The van der Waals surface area contributed by atoms with E-state index in [2.05, 4.69) is 44.1 Å². The smallest absolute Gasteiger partial charge is 0.191 e. The Labute approximate surface area is 180 Å². The Morgan fingerprint density at radius 3 is 2.93 bits per heavy atom. The van der Waals surface area contributed by atoms with E-state index in [1.807, 2.05) is 18.2 Å². The summed E-state index contributed by atoms with van der Waals surface area (Å²) in [7, 11) is 0. The van der Waals surface area contributed by atoms with E-state index < -0.39 is 0 Å². The van der Waals surface area contributed by atoms with Crippen molar-refractivity contribution in [3.63, 3.8) is 0 Å². The van der Waals surface area contributed by atoms with Gasteiger partial charge in [-0.1, -0.05) is 44.7 Å². The van der Waals surface area contributed by atoms with E-state index in [0.717, 1.165) is 36.8 Å². The van der Waals surface area contributed by atoms with Crippen LogP contribution in [0.5, 0.6) is 5.75 Å². The van der Waals surface area contributed by atoms with Crippen molar-refractivity contribution in [3.05, 3.63) is 42.5 Å². The maximum atomic E-state index is 5.90. The second-order valence-electron chi connectivity index (χ2n) is 7.59. The fourth-order valence-electron chi connectivity index (χ4n) is 4.17. The summed E-state index contributed by atoms with van der Waals surface area (Å²) in [6, 6.07) is 8.41. The van der Waals surface area contributed by atoms with Crippen LogP contribution in [0.1, 0.15) is 32.8 Å². The molecule has 3 atom stereocenters. The first-order valence-electron chi connectivity index (χ1n) is 9.56. The predicted octanol–water partition coefficient (Wildman–Crippen LogP) is 3.74. The molecule has 6 heteroatoms. The van der Waals surface area contributed by atoms with Gasteiger partial charge in [-0.2, -0.15) is 0 Å². The lowest BCUT2D eigenvalue weighted by atomic mass is 9.57. The summed E-state index contributed by atoms with van der Waals surface area (Å²) in [5.41, 5.74) is 1.20. The Bertz CT molecular complexity index is 663. The Kier molecular flexibility index (Phi) is 7.97. The highest BCUT2D eigenvalue weighted by atomic mass is 127. The lowest BCUT2D eigenvalue weighted by Gasteiger charge is -2.54. The number of nitrogens with zero attached hydrogens (tertiary/aromatic N) is 1. The van der Waals surface area contributed by atoms with Crippen LogP contribution in [0.4, 0.5) is 0 Å². The summed E-state index contributed by atoms with van der Waals surface area (Å²) in [4.78, 5) is 4.80. The van der Waals surface area contributed by atoms with E-state index in [1.165, 1.54) is 0 Å². The standard InChI is InChI=1S/C21H31N3O2.HI/c1-5-12-25-17-10-8-7-9-15(17)14-23-20(22-6-2)24-18-16-11-13-26-19(16)21(18,3)4;/h5,7-10,16,18-19H,1,6,11-14H2,2-4H3,(H2,22,23,24);1H. The molecule has 5 nitrogen and oxygen atoms in total. The molecule has 1 aliphatic heterocycles. The van der Waals surface area contributed by atoms with Crippen LogP contribution in [0, 0.1) is 11.3 Å². The first-order chi connectivity index (χ1) is 12.6. The second kappa shape index (κ2) is 9.78. The Hall–Kier alpha value is -1.28. The number of ether oxygens (including phenoxy) is 2. The lowest BCUT2D eigenvalue weighted by molar-refractivity contribution is -0.106. The monoisotopic (exact) mass is 485 g/mol. The van der Waals surface area contributed by atoms with Crippen LogP contribution in [0.2, 0.25) is 0 Å². The molecule has 1 saturated carbocycles. The van der Waals surface area contributed by atoms with E-state index >= 15 is 0 Å². The maximum Gasteiger partial charge on any atom is 0.191 e. The van der Waals surface area contributed by atoms with Gasteiger partial charge in [-0.25, -0.2) is 4.99 Å². The zero-order valence-corrected chi connectivity index (χ0v) is 18.9. The van der Waals surface area contributed by atoms with Crippen LogP contribution in [0.25, 0.3) is 0 Å². The van der Waals surface area contributed by atoms with Gasteiger partial charge in [0, 0.05) is 36.1 Å². The molecule has 0 spiro atoms. The second-order valence-corrected chi connectivity index (χ2v) is 7.59. The van der Waals surface area contributed by atoms with Gasteiger partial charge in [0.15, 0.2) is 5.96 Å². The van der Waals surface area contributed by atoms with Crippen LogP contribution in [-0.2, 0) is 11.3 Å². The number of halogens is 1. The highest BCUT2D eigenvalue weighted by Gasteiger charge is 2.59. The lowest BCUT2D eigenvalue weighted by Crippen LogP contribution is -2.67.